The van der Waals surface area contributed by atoms with Crippen LogP contribution >= 0.6 is 0 Å². The molecule has 4 saturated carbocycles. The number of carbonyl (C=O) groups is 2. The van der Waals surface area contributed by atoms with Crippen LogP contribution in [0.25, 0.3) is 0 Å². The van der Waals surface area contributed by atoms with E-state index in [1.807, 2.05) is 6.92 Å². The summed E-state index contributed by atoms with van der Waals surface area (Å²) in [6.45, 7) is 3.28. The molecule has 3 nitrogen and oxygen atoms in total. The van der Waals surface area contributed by atoms with E-state index in [1.165, 1.54) is 6.92 Å². The zero-order valence-corrected chi connectivity index (χ0v) is 13.3. The monoisotopic (exact) mass is 309 g/mol. The molecule has 0 amide bonds. The van der Waals surface area contributed by atoms with Gasteiger partial charge in [0.2, 0.25) is 0 Å². The number of ketones is 2. The Balaban J connectivity index is 1.89. The van der Waals surface area contributed by atoms with Crippen LogP contribution in [0.1, 0.15) is 72.0 Å². The van der Waals surface area contributed by atoms with Crippen LogP contribution in [-0.2, 0) is 9.59 Å². The molecule has 4 rings (SSSR count). The summed E-state index contributed by atoms with van der Waals surface area (Å²) in [5.74, 6) is -4.59. The van der Waals surface area contributed by atoms with E-state index in [2.05, 4.69) is 0 Å². The average Bonchev–Trinajstić information content (AvgIpc) is 2.77. The molecule has 0 aromatic carbocycles. The van der Waals surface area contributed by atoms with Crippen LogP contribution in [0.4, 0.5) is 0 Å². The highest BCUT2D eigenvalue weighted by atomic mass is 16.3. The summed E-state index contributed by atoms with van der Waals surface area (Å²) in [6, 6.07) is 0. The molecule has 0 aromatic heterocycles. The van der Waals surface area contributed by atoms with Crippen LogP contribution in [0.15, 0.2) is 0 Å². The first kappa shape index (κ1) is 10.2. The molecule has 4 aliphatic carbocycles. The van der Waals surface area contributed by atoms with Gasteiger partial charge in [0, 0.05) is 30.9 Å². The highest BCUT2D eigenvalue weighted by molar-refractivity contribution is 5.95. The molecule has 4 fully saturated rings. The van der Waals surface area contributed by atoms with Gasteiger partial charge in [-0.05, 0) is 61.7 Å². The molecule has 0 unspecified atom stereocenters. The Morgan fingerprint density at radius 1 is 1.23 bits per heavy atom. The van der Waals surface area contributed by atoms with Crippen molar-refractivity contribution in [1.82, 2.24) is 0 Å². The summed E-state index contributed by atoms with van der Waals surface area (Å²) >= 11 is 0. The molecule has 122 valence electrons. The fourth-order valence-corrected chi connectivity index (χ4v) is 5.70. The van der Waals surface area contributed by atoms with E-state index in [0.717, 1.165) is 6.42 Å². The molecule has 0 saturated heterocycles. The smallest absolute Gasteiger partial charge is 0.139 e. The summed E-state index contributed by atoms with van der Waals surface area (Å²) in [5, 5.41) is 10.1. The van der Waals surface area contributed by atoms with E-state index in [1.54, 1.807) is 0 Å². The van der Waals surface area contributed by atoms with Crippen LogP contribution in [-0.4, -0.2) is 22.8 Å². The van der Waals surface area contributed by atoms with Crippen LogP contribution in [0.5, 0.6) is 0 Å². The maximum atomic E-state index is 13.5. The Bertz CT molecular complexity index is 724. The maximum absolute atomic E-state index is 13.5. The number of Topliss-reactive ketones (excluding diaryl/α,β-unsaturated/α-hetero) is 2. The van der Waals surface area contributed by atoms with Crippen molar-refractivity contribution in [2.45, 2.75) is 71.2 Å². The summed E-state index contributed by atoms with van der Waals surface area (Å²) in [5.41, 5.74) is -2.49. The normalized spacial score (nSPS) is 65.9. The number of rotatable bonds is 0. The van der Waals surface area contributed by atoms with Gasteiger partial charge in [-0.1, -0.05) is 13.8 Å². The van der Waals surface area contributed by atoms with Crippen molar-refractivity contribution in [1.29, 1.82) is 0 Å². The molecule has 0 radical (unpaired) electrons. The molecule has 1 N–H and O–H groups in total. The van der Waals surface area contributed by atoms with Crippen LogP contribution < -0.4 is 0 Å². The van der Waals surface area contributed by atoms with Gasteiger partial charge in [-0.25, -0.2) is 0 Å². The van der Waals surface area contributed by atoms with Crippen LogP contribution in [0.2, 0.25) is 0 Å². The second-order valence-electron chi connectivity index (χ2n) is 8.11. The topological polar surface area (TPSA) is 54.4 Å². The highest BCUT2D eigenvalue weighted by Crippen LogP contribution is 2.64. The third-order valence-corrected chi connectivity index (χ3v) is 7.07. The van der Waals surface area contributed by atoms with Gasteiger partial charge in [-0.15, -0.1) is 0 Å². The maximum Gasteiger partial charge on any atom is 0.139 e. The minimum Gasteiger partial charge on any atom is -0.393 e. The van der Waals surface area contributed by atoms with Crippen molar-refractivity contribution in [2.75, 3.05) is 0 Å². The number of hydrogen-bond donors (Lipinski definition) is 1. The molecular formula is C19H28O3. The van der Waals surface area contributed by atoms with E-state index in [-0.39, 0.29) is 12.3 Å². The lowest BCUT2D eigenvalue weighted by Gasteiger charge is -2.58. The van der Waals surface area contributed by atoms with E-state index < -0.39 is 59.0 Å². The summed E-state index contributed by atoms with van der Waals surface area (Å²) < 4.78 is 42.8. The second kappa shape index (κ2) is 4.66. The van der Waals surface area contributed by atoms with Gasteiger partial charge in [0.1, 0.15) is 11.6 Å². The van der Waals surface area contributed by atoms with Crippen molar-refractivity contribution in [3.63, 3.8) is 0 Å². The van der Waals surface area contributed by atoms with Gasteiger partial charge in [0.05, 0.1) is 6.10 Å². The predicted octanol–water partition coefficient (Wildman–Crippen LogP) is 3.14. The minimum atomic E-state index is -2.57. The lowest BCUT2D eigenvalue weighted by atomic mass is 9.45. The first-order valence-electron chi connectivity index (χ1n) is 11.0. The van der Waals surface area contributed by atoms with Gasteiger partial charge in [0.15, 0.2) is 0 Å². The van der Waals surface area contributed by atoms with E-state index in [0.29, 0.717) is 25.7 Å². The molecule has 0 heterocycles. The summed E-state index contributed by atoms with van der Waals surface area (Å²) in [6.07, 6.45) is -2.61. The Morgan fingerprint density at radius 3 is 2.77 bits per heavy atom. The van der Waals surface area contributed by atoms with E-state index in [4.69, 9.17) is 5.48 Å². The third kappa shape index (κ3) is 1.78. The van der Waals surface area contributed by atoms with Crippen LogP contribution in [0.3, 0.4) is 0 Å². The van der Waals surface area contributed by atoms with Crippen molar-refractivity contribution >= 4 is 11.6 Å². The number of carbonyl (C=O) groups excluding carboxylic acids is 2. The van der Waals surface area contributed by atoms with Crippen LogP contribution in [0, 0.1) is 34.5 Å². The largest absolute Gasteiger partial charge is 0.393 e. The van der Waals surface area contributed by atoms with Gasteiger partial charge >= 0.3 is 0 Å². The zero-order valence-electron chi connectivity index (χ0n) is 18.3. The molecule has 0 aromatic rings. The highest BCUT2D eigenvalue weighted by Gasteiger charge is 2.63. The molecule has 22 heavy (non-hydrogen) atoms. The van der Waals surface area contributed by atoms with Crippen molar-refractivity contribution in [3.8, 4) is 0 Å². The lowest BCUT2D eigenvalue weighted by molar-refractivity contribution is -0.162. The molecule has 0 aliphatic heterocycles. The fourth-order valence-electron chi connectivity index (χ4n) is 5.70. The minimum absolute atomic E-state index is 0.0343. The Morgan fingerprint density at radius 2 is 2.00 bits per heavy atom. The Hall–Kier alpha value is -0.700. The van der Waals surface area contributed by atoms with Crippen molar-refractivity contribution in [2.24, 2.45) is 34.5 Å². The molecule has 4 aliphatic rings. The summed E-state index contributed by atoms with van der Waals surface area (Å²) in [4.78, 5) is 26.4. The average molecular weight is 309 g/mol. The number of aliphatic hydroxyl groups excluding tert-OH is 1. The Kier molecular flexibility index (Phi) is 2.16. The number of hydrogen-bond acceptors (Lipinski definition) is 3. The lowest BCUT2D eigenvalue weighted by Crippen LogP contribution is -2.57. The van der Waals surface area contributed by atoms with Crippen molar-refractivity contribution in [3.05, 3.63) is 0 Å². The molecular weight excluding hydrogens is 276 g/mol. The number of fused-ring (bicyclic) bond motifs is 5. The van der Waals surface area contributed by atoms with Crippen molar-refractivity contribution < 1.29 is 21.5 Å². The first-order valence-corrected chi connectivity index (χ1v) is 8.52. The standard InChI is InChI=1S/C19H28O3/c1-18-8-7-12(20)9-11(18)3-4-13-14-5-6-16(22)19(14,2)10-15(21)17(13)18/h11-14,17,20H,3-10H2,1-2H3/t11-,12-,13+,14+,17-,18+,19+/m1/s1/i6D2,10D2,17D. The molecule has 7 atom stereocenters. The molecule has 3 heteroatoms. The fraction of sp³-hybridized carbons (Fsp3) is 0.895. The summed E-state index contributed by atoms with van der Waals surface area (Å²) in [7, 11) is 0. The molecule has 0 bridgehead atoms. The SMILES string of the molecule is [2H]C1([2H])C[C@H]2[C@@H]3CC[C@@H]4C[C@H](O)CC[C@]4(C)[C@@]3([2H])C(=O)C([2H])([2H])[C@]2(C)C1=O. The Labute approximate surface area is 139 Å². The predicted molar refractivity (Wildman–Crippen MR) is 83.1 cm³/mol. The first-order chi connectivity index (χ1) is 12.2. The van der Waals surface area contributed by atoms with Gasteiger partial charge in [-0.2, -0.15) is 0 Å². The van der Waals surface area contributed by atoms with Gasteiger partial charge in [0.25, 0.3) is 0 Å². The quantitative estimate of drug-likeness (QED) is 0.748. The zero-order chi connectivity index (χ0) is 20.2. The third-order valence-electron chi connectivity index (χ3n) is 7.07. The number of aliphatic hydroxyl groups is 1. The molecule has 0 spiro atoms. The van der Waals surface area contributed by atoms with E-state index >= 15 is 0 Å². The second-order valence-corrected chi connectivity index (χ2v) is 8.11. The van der Waals surface area contributed by atoms with Gasteiger partial charge in [-0.3, -0.25) is 9.59 Å². The van der Waals surface area contributed by atoms with Gasteiger partial charge < -0.3 is 5.11 Å². The van der Waals surface area contributed by atoms with E-state index in [9.17, 15) is 16.1 Å².